The van der Waals surface area contributed by atoms with Crippen molar-refractivity contribution in [3.8, 4) is 0 Å². The van der Waals surface area contributed by atoms with Crippen LogP contribution in [-0.2, 0) is 9.53 Å². The number of hydrogen-bond acceptors (Lipinski definition) is 4. The molecular formula is C13H18BrNO3S. The van der Waals surface area contributed by atoms with Crippen LogP contribution in [0.3, 0.4) is 0 Å². The Morgan fingerprint density at radius 1 is 1.58 bits per heavy atom. The van der Waals surface area contributed by atoms with Crippen molar-refractivity contribution in [2.75, 3.05) is 19.7 Å². The number of nitrogens with zero attached hydrogens (tertiary/aromatic N) is 1. The molecule has 1 aromatic rings. The molecule has 1 atom stereocenters. The van der Waals surface area contributed by atoms with Crippen molar-refractivity contribution in [3.05, 3.63) is 20.8 Å². The van der Waals surface area contributed by atoms with Crippen molar-refractivity contribution >= 4 is 33.2 Å². The normalized spacial score (nSPS) is 19.5. The maximum absolute atomic E-state index is 10.5. The molecule has 1 aliphatic rings. The molecule has 1 aromatic heterocycles. The zero-order valence-electron chi connectivity index (χ0n) is 10.8. The second-order valence-corrected chi connectivity index (χ2v) is 7.25. The van der Waals surface area contributed by atoms with E-state index in [0.29, 0.717) is 6.04 Å². The van der Waals surface area contributed by atoms with Crippen LogP contribution in [-0.4, -0.2) is 41.8 Å². The lowest BCUT2D eigenvalue weighted by molar-refractivity contribution is -0.145. The number of aliphatic carboxylic acids is 1. The van der Waals surface area contributed by atoms with Gasteiger partial charge in [-0.25, -0.2) is 4.79 Å². The highest BCUT2D eigenvalue weighted by molar-refractivity contribution is 9.11. The molecule has 0 aromatic carbocycles. The van der Waals surface area contributed by atoms with E-state index in [9.17, 15) is 4.79 Å². The summed E-state index contributed by atoms with van der Waals surface area (Å²) in [5.41, 5.74) is 0. The van der Waals surface area contributed by atoms with Crippen LogP contribution in [0, 0.1) is 0 Å². The van der Waals surface area contributed by atoms with Gasteiger partial charge >= 0.3 is 5.97 Å². The Hall–Kier alpha value is -0.430. The molecule has 2 rings (SSSR count). The Morgan fingerprint density at radius 2 is 2.26 bits per heavy atom. The molecule has 0 amide bonds. The zero-order chi connectivity index (χ0) is 13.8. The van der Waals surface area contributed by atoms with Crippen LogP contribution in [0.4, 0.5) is 0 Å². The SMILES string of the molecule is CC(c1ccc(Br)s1)N1CCC(OCC(=O)O)CC1. The number of hydrogen-bond donors (Lipinski definition) is 1. The van der Waals surface area contributed by atoms with Gasteiger partial charge in [-0.3, -0.25) is 4.90 Å². The van der Waals surface area contributed by atoms with Gasteiger partial charge in [-0.15, -0.1) is 11.3 Å². The molecule has 19 heavy (non-hydrogen) atoms. The molecule has 4 nitrogen and oxygen atoms in total. The first-order valence-electron chi connectivity index (χ1n) is 6.39. The van der Waals surface area contributed by atoms with Crippen LogP contribution in [0.25, 0.3) is 0 Å². The van der Waals surface area contributed by atoms with Gasteiger partial charge in [-0.05, 0) is 47.8 Å². The number of carboxylic acids is 1. The average molecular weight is 348 g/mol. The van der Waals surface area contributed by atoms with Gasteiger partial charge in [0.25, 0.3) is 0 Å². The third-order valence-corrected chi connectivity index (χ3v) is 5.27. The van der Waals surface area contributed by atoms with Crippen molar-refractivity contribution < 1.29 is 14.6 Å². The van der Waals surface area contributed by atoms with Crippen molar-refractivity contribution in [1.82, 2.24) is 4.90 Å². The Labute approximate surface area is 125 Å². The van der Waals surface area contributed by atoms with E-state index in [2.05, 4.69) is 39.9 Å². The largest absolute Gasteiger partial charge is 0.480 e. The number of rotatable bonds is 5. The quantitative estimate of drug-likeness (QED) is 0.888. The number of carboxylic acid groups (broad SMARTS) is 1. The van der Waals surface area contributed by atoms with Gasteiger partial charge in [0.1, 0.15) is 6.61 Å². The number of ether oxygens (including phenoxy) is 1. The zero-order valence-corrected chi connectivity index (χ0v) is 13.2. The molecule has 0 aliphatic carbocycles. The molecular weight excluding hydrogens is 330 g/mol. The van der Waals surface area contributed by atoms with E-state index in [-0.39, 0.29) is 12.7 Å². The lowest BCUT2D eigenvalue weighted by atomic mass is 10.1. The lowest BCUT2D eigenvalue weighted by Gasteiger charge is -2.35. The van der Waals surface area contributed by atoms with Crippen molar-refractivity contribution in [1.29, 1.82) is 0 Å². The summed E-state index contributed by atoms with van der Waals surface area (Å²) < 4.78 is 6.51. The Balaban J connectivity index is 1.81. The first kappa shape index (κ1) is 15.0. The summed E-state index contributed by atoms with van der Waals surface area (Å²) in [4.78, 5) is 14.3. The highest BCUT2D eigenvalue weighted by Crippen LogP contribution is 2.32. The minimum absolute atomic E-state index is 0.0922. The van der Waals surface area contributed by atoms with Crippen molar-refractivity contribution in [2.45, 2.75) is 31.9 Å². The van der Waals surface area contributed by atoms with Gasteiger partial charge in [-0.1, -0.05) is 0 Å². The Bertz CT molecular complexity index is 429. The second kappa shape index (κ2) is 6.83. The number of carbonyl (C=O) groups is 1. The maximum atomic E-state index is 10.5. The molecule has 1 fully saturated rings. The fourth-order valence-electron chi connectivity index (χ4n) is 2.35. The van der Waals surface area contributed by atoms with Crippen LogP contribution >= 0.6 is 27.3 Å². The third-order valence-electron chi connectivity index (χ3n) is 3.47. The van der Waals surface area contributed by atoms with Crippen LogP contribution in [0.15, 0.2) is 15.9 Å². The Morgan fingerprint density at radius 3 is 2.79 bits per heavy atom. The van der Waals surface area contributed by atoms with Crippen LogP contribution in [0.1, 0.15) is 30.7 Å². The van der Waals surface area contributed by atoms with E-state index >= 15 is 0 Å². The smallest absolute Gasteiger partial charge is 0.329 e. The van der Waals surface area contributed by atoms with Gasteiger partial charge in [-0.2, -0.15) is 0 Å². The first-order chi connectivity index (χ1) is 9.06. The maximum Gasteiger partial charge on any atom is 0.329 e. The minimum Gasteiger partial charge on any atom is -0.480 e. The van der Waals surface area contributed by atoms with Crippen molar-refractivity contribution in [2.24, 2.45) is 0 Å². The van der Waals surface area contributed by atoms with Gasteiger partial charge in [0.2, 0.25) is 0 Å². The second-order valence-electron chi connectivity index (χ2n) is 4.76. The highest BCUT2D eigenvalue weighted by Gasteiger charge is 2.25. The van der Waals surface area contributed by atoms with Crippen molar-refractivity contribution in [3.63, 3.8) is 0 Å². The minimum atomic E-state index is -0.890. The first-order valence-corrected chi connectivity index (χ1v) is 8.00. The summed E-state index contributed by atoms with van der Waals surface area (Å²) in [7, 11) is 0. The molecule has 0 saturated carbocycles. The van der Waals surface area contributed by atoms with Gasteiger partial charge in [0, 0.05) is 24.0 Å². The summed E-state index contributed by atoms with van der Waals surface area (Å²) in [6.45, 7) is 3.96. The van der Waals surface area contributed by atoms with E-state index in [1.165, 1.54) is 4.88 Å². The fraction of sp³-hybridized carbons (Fsp3) is 0.615. The predicted octanol–water partition coefficient (Wildman–Crippen LogP) is 3.14. The van der Waals surface area contributed by atoms with E-state index in [4.69, 9.17) is 9.84 Å². The average Bonchev–Trinajstić information content (AvgIpc) is 2.83. The summed E-state index contributed by atoms with van der Waals surface area (Å²) in [5, 5.41) is 8.60. The molecule has 0 radical (unpaired) electrons. The standard InChI is InChI=1S/C13H18BrNO3S/c1-9(11-2-3-12(14)19-11)15-6-4-10(5-7-15)18-8-13(16)17/h2-3,9-10H,4-8H2,1H3,(H,16,17). The molecule has 0 bridgehead atoms. The summed E-state index contributed by atoms with van der Waals surface area (Å²) in [6, 6.07) is 4.66. The lowest BCUT2D eigenvalue weighted by Crippen LogP contribution is -2.38. The number of thiophene rings is 1. The van der Waals surface area contributed by atoms with Gasteiger partial charge < -0.3 is 9.84 Å². The van der Waals surface area contributed by atoms with E-state index in [1.807, 2.05) is 0 Å². The number of piperidine rings is 1. The molecule has 1 unspecified atom stereocenters. The highest BCUT2D eigenvalue weighted by atomic mass is 79.9. The molecule has 106 valence electrons. The molecule has 0 spiro atoms. The molecule has 1 aliphatic heterocycles. The van der Waals surface area contributed by atoms with Crippen LogP contribution < -0.4 is 0 Å². The number of halogens is 1. The van der Waals surface area contributed by atoms with E-state index in [1.54, 1.807) is 11.3 Å². The summed E-state index contributed by atoms with van der Waals surface area (Å²) in [5.74, 6) is -0.890. The van der Waals surface area contributed by atoms with Crippen LogP contribution in [0.5, 0.6) is 0 Å². The van der Waals surface area contributed by atoms with Gasteiger partial charge in [0.15, 0.2) is 0 Å². The number of likely N-dealkylation sites (tertiary alicyclic amines) is 1. The monoisotopic (exact) mass is 347 g/mol. The van der Waals surface area contributed by atoms with Crippen LogP contribution in [0.2, 0.25) is 0 Å². The predicted molar refractivity (Wildman–Crippen MR) is 78.6 cm³/mol. The summed E-state index contributed by atoms with van der Waals surface area (Å²) >= 11 is 5.26. The fourth-order valence-corrected chi connectivity index (χ4v) is 3.86. The third kappa shape index (κ3) is 4.27. The molecule has 1 N–H and O–H groups in total. The topological polar surface area (TPSA) is 49.8 Å². The van der Waals surface area contributed by atoms with Gasteiger partial charge in [0.05, 0.1) is 9.89 Å². The molecule has 6 heteroatoms. The molecule has 2 heterocycles. The molecule has 1 saturated heterocycles. The van der Waals surface area contributed by atoms with E-state index < -0.39 is 5.97 Å². The Kier molecular flexibility index (Phi) is 5.38. The summed E-state index contributed by atoms with van der Waals surface area (Å²) in [6.07, 6.45) is 1.91. The van der Waals surface area contributed by atoms with E-state index in [0.717, 1.165) is 29.7 Å².